The highest BCUT2D eigenvalue weighted by Crippen LogP contribution is 2.16. The van der Waals surface area contributed by atoms with Gasteiger partial charge >= 0.3 is 0 Å². The van der Waals surface area contributed by atoms with Crippen LogP contribution in [0.5, 0.6) is 5.75 Å². The number of amides is 3. The number of benzene rings is 1. The smallest absolute Gasteiger partial charge is 0.245 e. The van der Waals surface area contributed by atoms with Crippen molar-refractivity contribution in [1.82, 2.24) is 15.1 Å². The van der Waals surface area contributed by atoms with Gasteiger partial charge in [0.2, 0.25) is 17.7 Å². The molecule has 0 aliphatic carbocycles. The van der Waals surface area contributed by atoms with E-state index in [0.29, 0.717) is 45.4 Å². The summed E-state index contributed by atoms with van der Waals surface area (Å²) in [6.45, 7) is 6.03. The Kier molecular flexibility index (Phi) is 5.98. The largest absolute Gasteiger partial charge is 0.491 e. The highest BCUT2D eigenvalue weighted by atomic mass is 16.5. The second-order valence-corrected chi connectivity index (χ2v) is 7.35. The van der Waals surface area contributed by atoms with Crippen molar-refractivity contribution >= 4 is 17.7 Å². The SMILES string of the molecule is CC(C)Oc1ccc(CC(=O)N2CCN(C(=O)C3CCC(=O)N3)CC2)cc1. The van der Waals surface area contributed by atoms with Gasteiger partial charge in [-0.05, 0) is 38.0 Å². The summed E-state index contributed by atoms with van der Waals surface area (Å²) in [6, 6.07) is 7.20. The Balaban J connectivity index is 1.47. The van der Waals surface area contributed by atoms with Gasteiger partial charge in [0.25, 0.3) is 0 Å². The summed E-state index contributed by atoms with van der Waals surface area (Å²) in [4.78, 5) is 39.8. The first-order valence-electron chi connectivity index (χ1n) is 9.54. The van der Waals surface area contributed by atoms with Crippen LogP contribution in [0.4, 0.5) is 0 Å². The van der Waals surface area contributed by atoms with Gasteiger partial charge in [0, 0.05) is 32.6 Å². The van der Waals surface area contributed by atoms with Crippen LogP contribution in [0.1, 0.15) is 32.3 Å². The molecule has 2 aliphatic rings. The number of hydrogen-bond acceptors (Lipinski definition) is 4. The van der Waals surface area contributed by atoms with E-state index in [1.165, 1.54) is 0 Å². The van der Waals surface area contributed by atoms with E-state index in [4.69, 9.17) is 4.74 Å². The lowest BCUT2D eigenvalue weighted by Gasteiger charge is -2.36. The van der Waals surface area contributed by atoms with E-state index < -0.39 is 6.04 Å². The van der Waals surface area contributed by atoms with Gasteiger partial charge in [-0.2, -0.15) is 0 Å². The molecule has 0 bridgehead atoms. The fraction of sp³-hybridized carbons (Fsp3) is 0.550. The third-order valence-corrected chi connectivity index (χ3v) is 4.89. The molecule has 1 aromatic carbocycles. The summed E-state index contributed by atoms with van der Waals surface area (Å²) in [5.74, 6) is 0.766. The van der Waals surface area contributed by atoms with Gasteiger partial charge in [-0.1, -0.05) is 12.1 Å². The Morgan fingerprint density at radius 1 is 1.11 bits per heavy atom. The molecule has 3 amide bonds. The number of hydrogen-bond donors (Lipinski definition) is 1. The maximum Gasteiger partial charge on any atom is 0.245 e. The molecule has 146 valence electrons. The normalized spacial score (nSPS) is 20.0. The number of ether oxygens (including phenoxy) is 1. The standard InChI is InChI=1S/C20H27N3O4/c1-14(2)27-16-5-3-15(4-6-16)13-19(25)22-9-11-23(12-10-22)20(26)17-7-8-18(24)21-17/h3-6,14,17H,7-13H2,1-2H3,(H,21,24). The van der Waals surface area contributed by atoms with Crippen LogP contribution in [-0.4, -0.2) is 65.8 Å². The lowest BCUT2D eigenvalue weighted by molar-refractivity contribution is -0.140. The first kappa shape index (κ1) is 19.2. The fourth-order valence-corrected chi connectivity index (χ4v) is 3.44. The van der Waals surface area contributed by atoms with Crippen molar-refractivity contribution < 1.29 is 19.1 Å². The lowest BCUT2D eigenvalue weighted by Crippen LogP contribution is -2.54. The van der Waals surface area contributed by atoms with E-state index in [1.54, 1.807) is 9.80 Å². The van der Waals surface area contributed by atoms with E-state index in [2.05, 4.69) is 5.32 Å². The van der Waals surface area contributed by atoms with Crippen LogP contribution in [0, 0.1) is 0 Å². The summed E-state index contributed by atoms with van der Waals surface area (Å²) < 4.78 is 5.61. The van der Waals surface area contributed by atoms with Gasteiger partial charge in [0.15, 0.2) is 0 Å². The van der Waals surface area contributed by atoms with Crippen LogP contribution in [0.2, 0.25) is 0 Å². The molecule has 27 heavy (non-hydrogen) atoms. The molecule has 3 rings (SSSR count). The third-order valence-electron chi connectivity index (χ3n) is 4.89. The Bertz CT molecular complexity index is 694. The quantitative estimate of drug-likeness (QED) is 0.834. The highest BCUT2D eigenvalue weighted by molar-refractivity contribution is 5.91. The van der Waals surface area contributed by atoms with E-state index in [0.717, 1.165) is 11.3 Å². The first-order valence-corrected chi connectivity index (χ1v) is 9.54. The summed E-state index contributed by atoms with van der Waals surface area (Å²) in [5, 5.41) is 2.71. The molecule has 7 heteroatoms. The minimum atomic E-state index is -0.397. The molecule has 1 atom stereocenters. The van der Waals surface area contributed by atoms with Crippen molar-refractivity contribution in [2.75, 3.05) is 26.2 Å². The average molecular weight is 373 g/mol. The topological polar surface area (TPSA) is 79.0 Å². The van der Waals surface area contributed by atoms with E-state index >= 15 is 0 Å². The van der Waals surface area contributed by atoms with Crippen LogP contribution in [-0.2, 0) is 20.8 Å². The number of carbonyl (C=O) groups is 3. The molecule has 1 unspecified atom stereocenters. The first-order chi connectivity index (χ1) is 12.9. The van der Waals surface area contributed by atoms with E-state index in [9.17, 15) is 14.4 Å². The zero-order chi connectivity index (χ0) is 19.4. The van der Waals surface area contributed by atoms with Gasteiger partial charge in [-0.25, -0.2) is 0 Å². The molecule has 7 nitrogen and oxygen atoms in total. The Hall–Kier alpha value is -2.57. The molecule has 1 aromatic rings. The molecule has 2 heterocycles. The molecule has 2 saturated heterocycles. The predicted molar refractivity (Wildman–Crippen MR) is 100 cm³/mol. The number of carbonyl (C=O) groups excluding carboxylic acids is 3. The fourth-order valence-electron chi connectivity index (χ4n) is 3.44. The summed E-state index contributed by atoms with van der Waals surface area (Å²) in [5.41, 5.74) is 0.947. The highest BCUT2D eigenvalue weighted by Gasteiger charge is 2.32. The van der Waals surface area contributed by atoms with E-state index in [1.807, 2.05) is 38.1 Å². The lowest BCUT2D eigenvalue weighted by atomic mass is 10.1. The van der Waals surface area contributed by atoms with Gasteiger partial charge in [-0.15, -0.1) is 0 Å². The van der Waals surface area contributed by atoms with Crippen LogP contribution < -0.4 is 10.1 Å². The molecule has 2 fully saturated rings. The second-order valence-electron chi connectivity index (χ2n) is 7.35. The summed E-state index contributed by atoms with van der Waals surface area (Å²) >= 11 is 0. The number of rotatable bonds is 5. The van der Waals surface area contributed by atoms with Crippen molar-refractivity contribution in [3.63, 3.8) is 0 Å². The minimum Gasteiger partial charge on any atom is -0.491 e. The molecular weight excluding hydrogens is 346 g/mol. The Labute approximate surface area is 159 Å². The summed E-state index contributed by atoms with van der Waals surface area (Å²) in [7, 11) is 0. The number of nitrogens with zero attached hydrogens (tertiary/aromatic N) is 2. The monoisotopic (exact) mass is 373 g/mol. The van der Waals surface area contributed by atoms with Crippen molar-refractivity contribution in [3.05, 3.63) is 29.8 Å². The van der Waals surface area contributed by atoms with Crippen LogP contribution in [0.3, 0.4) is 0 Å². The minimum absolute atomic E-state index is 0.0336. The molecule has 0 aromatic heterocycles. The number of nitrogens with one attached hydrogen (secondary N) is 1. The molecular formula is C20H27N3O4. The van der Waals surface area contributed by atoms with Gasteiger partial charge < -0.3 is 19.9 Å². The zero-order valence-electron chi connectivity index (χ0n) is 15.9. The van der Waals surface area contributed by atoms with Crippen molar-refractivity contribution in [2.24, 2.45) is 0 Å². The van der Waals surface area contributed by atoms with Crippen LogP contribution in [0.15, 0.2) is 24.3 Å². The number of piperazine rings is 1. The maximum absolute atomic E-state index is 12.5. The maximum atomic E-state index is 12.5. The molecule has 2 aliphatic heterocycles. The Morgan fingerprint density at radius 2 is 1.74 bits per heavy atom. The zero-order valence-corrected chi connectivity index (χ0v) is 15.9. The van der Waals surface area contributed by atoms with Gasteiger partial charge in [-0.3, -0.25) is 14.4 Å². The van der Waals surface area contributed by atoms with Gasteiger partial charge in [0.05, 0.1) is 12.5 Å². The molecule has 0 spiro atoms. The van der Waals surface area contributed by atoms with Gasteiger partial charge in [0.1, 0.15) is 11.8 Å². The van der Waals surface area contributed by atoms with E-state index in [-0.39, 0.29) is 23.8 Å². The predicted octanol–water partition coefficient (Wildman–Crippen LogP) is 0.966. The second kappa shape index (κ2) is 8.41. The molecule has 1 N–H and O–H groups in total. The van der Waals surface area contributed by atoms with Crippen LogP contribution in [0.25, 0.3) is 0 Å². The molecule has 0 saturated carbocycles. The van der Waals surface area contributed by atoms with Crippen molar-refractivity contribution in [2.45, 2.75) is 45.3 Å². The third kappa shape index (κ3) is 4.99. The van der Waals surface area contributed by atoms with Crippen molar-refractivity contribution in [3.8, 4) is 5.75 Å². The average Bonchev–Trinajstić information content (AvgIpc) is 3.09. The molecule has 0 radical (unpaired) electrons. The van der Waals surface area contributed by atoms with Crippen molar-refractivity contribution in [1.29, 1.82) is 0 Å². The van der Waals surface area contributed by atoms with Crippen LogP contribution >= 0.6 is 0 Å². The summed E-state index contributed by atoms with van der Waals surface area (Å²) in [6.07, 6.45) is 1.44. The Morgan fingerprint density at radius 3 is 2.30 bits per heavy atom.